The number of aryl methyl sites for hydroxylation is 1. The van der Waals surface area contributed by atoms with Crippen molar-refractivity contribution in [3.63, 3.8) is 0 Å². The SMILES string of the molecule is Cc1oc(CN(C)C(=O)[C@H]2CC(=O)N(C)[C@H]2c2cccs2)cc1C(=O)O. The molecule has 1 aliphatic rings. The molecule has 0 radical (unpaired) electrons. The van der Waals surface area contributed by atoms with Crippen LogP contribution in [0.3, 0.4) is 0 Å². The van der Waals surface area contributed by atoms with Crippen molar-refractivity contribution in [1.82, 2.24) is 9.80 Å². The van der Waals surface area contributed by atoms with Crippen molar-refractivity contribution in [2.24, 2.45) is 5.92 Å². The van der Waals surface area contributed by atoms with E-state index in [4.69, 9.17) is 9.52 Å². The first-order valence-corrected chi connectivity index (χ1v) is 9.04. The predicted octanol–water partition coefficient (Wildman–Crippen LogP) is 2.53. The minimum Gasteiger partial charge on any atom is -0.478 e. The number of carboxylic acids is 1. The first-order valence-electron chi connectivity index (χ1n) is 8.16. The Kier molecular flexibility index (Phi) is 4.86. The zero-order valence-electron chi connectivity index (χ0n) is 14.8. The predicted molar refractivity (Wildman–Crippen MR) is 94.8 cm³/mol. The highest BCUT2D eigenvalue weighted by atomic mass is 32.1. The van der Waals surface area contributed by atoms with Crippen LogP contribution in [0.15, 0.2) is 28.0 Å². The van der Waals surface area contributed by atoms with Crippen LogP contribution < -0.4 is 0 Å². The van der Waals surface area contributed by atoms with E-state index in [1.165, 1.54) is 22.3 Å². The maximum atomic E-state index is 13.0. The number of carbonyl (C=O) groups excluding carboxylic acids is 2. The molecule has 1 aliphatic heterocycles. The van der Waals surface area contributed by atoms with Crippen molar-refractivity contribution in [1.29, 1.82) is 0 Å². The molecule has 1 saturated heterocycles. The Morgan fingerprint density at radius 1 is 1.46 bits per heavy atom. The molecule has 0 aliphatic carbocycles. The third-order valence-electron chi connectivity index (χ3n) is 4.71. The maximum Gasteiger partial charge on any atom is 0.339 e. The fraction of sp³-hybridized carbons (Fsp3) is 0.389. The van der Waals surface area contributed by atoms with Gasteiger partial charge in [-0.05, 0) is 24.4 Å². The molecule has 3 heterocycles. The van der Waals surface area contributed by atoms with Gasteiger partial charge in [-0.1, -0.05) is 6.07 Å². The Labute approximate surface area is 154 Å². The smallest absolute Gasteiger partial charge is 0.339 e. The molecule has 7 nitrogen and oxygen atoms in total. The van der Waals surface area contributed by atoms with E-state index in [0.29, 0.717) is 11.5 Å². The molecule has 0 unspecified atom stereocenters. The minimum atomic E-state index is -1.06. The molecule has 26 heavy (non-hydrogen) atoms. The Morgan fingerprint density at radius 3 is 2.77 bits per heavy atom. The Balaban J connectivity index is 1.78. The first-order chi connectivity index (χ1) is 12.3. The first kappa shape index (κ1) is 18.2. The van der Waals surface area contributed by atoms with Gasteiger partial charge in [0.15, 0.2) is 0 Å². The Hall–Kier alpha value is -2.61. The fourth-order valence-corrected chi connectivity index (χ4v) is 4.30. The molecule has 1 N–H and O–H groups in total. The summed E-state index contributed by atoms with van der Waals surface area (Å²) in [7, 11) is 3.35. The van der Waals surface area contributed by atoms with E-state index in [0.717, 1.165) is 4.88 Å². The zero-order valence-corrected chi connectivity index (χ0v) is 15.6. The van der Waals surface area contributed by atoms with E-state index in [2.05, 4.69) is 0 Å². The summed E-state index contributed by atoms with van der Waals surface area (Å²) in [5.74, 6) is -1.04. The molecular weight excluding hydrogens is 356 g/mol. The van der Waals surface area contributed by atoms with E-state index in [1.807, 2.05) is 17.5 Å². The van der Waals surface area contributed by atoms with Gasteiger partial charge in [-0.3, -0.25) is 9.59 Å². The molecule has 0 aromatic carbocycles. The average Bonchev–Trinajstić information content (AvgIpc) is 3.28. The normalized spacial score (nSPS) is 19.8. The summed E-state index contributed by atoms with van der Waals surface area (Å²) in [6, 6.07) is 5.00. The molecule has 3 rings (SSSR count). The summed E-state index contributed by atoms with van der Waals surface area (Å²) >= 11 is 1.52. The molecule has 8 heteroatoms. The van der Waals surface area contributed by atoms with Gasteiger partial charge in [0.25, 0.3) is 0 Å². The second kappa shape index (κ2) is 6.95. The summed E-state index contributed by atoms with van der Waals surface area (Å²) in [5, 5.41) is 11.0. The molecule has 138 valence electrons. The van der Waals surface area contributed by atoms with Gasteiger partial charge in [0.1, 0.15) is 17.1 Å². The number of furan rings is 1. The lowest BCUT2D eigenvalue weighted by Gasteiger charge is -2.26. The third kappa shape index (κ3) is 3.24. The van der Waals surface area contributed by atoms with Crippen molar-refractivity contribution in [3.8, 4) is 0 Å². The topological polar surface area (TPSA) is 91.1 Å². The van der Waals surface area contributed by atoms with Gasteiger partial charge >= 0.3 is 5.97 Å². The number of carboxylic acid groups (broad SMARTS) is 1. The Morgan fingerprint density at radius 2 is 2.19 bits per heavy atom. The zero-order chi connectivity index (χ0) is 19.0. The number of carbonyl (C=O) groups is 3. The van der Waals surface area contributed by atoms with E-state index >= 15 is 0 Å². The number of rotatable bonds is 5. The lowest BCUT2D eigenvalue weighted by Crippen LogP contribution is -2.35. The molecule has 2 amide bonds. The molecule has 2 aromatic rings. The number of hydrogen-bond donors (Lipinski definition) is 1. The highest BCUT2D eigenvalue weighted by Crippen LogP contribution is 2.40. The van der Waals surface area contributed by atoms with Gasteiger partial charge in [-0.25, -0.2) is 4.79 Å². The van der Waals surface area contributed by atoms with Crippen LogP contribution >= 0.6 is 11.3 Å². The monoisotopic (exact) mass is 376 g/mol. The summed E-state index contributed by atoms with van der Waals surface area (Å²) in [6.45, 7) is 1.73. The van der Waals surface area contributed by atoms with Crippen molar-refractivity contribution in [2.75, 3.05) is 14.1 Å². The van der Waals surface area contributed by atoms with Crippen LogP contribution in [0.4, 0.5) is 0 Å². The number of aromatic carboxylic acids is 1. The summed E-state index contributed by atoms with van der Waals surface area (Å²) in [5.41, 5.74) is 0.0908. The molecule has 2 atom stereocenters. The quantitative estimate of drug-likeness (QED) is 0.866. The molecule has 0 bridgehead atoms. The number of amides is 2. The third-order valence-corrected chi connectivity index (χ3v) is 5.65. The number of hydrogen-bond acceptors (Lipinski definition) is 5. The van der Waals surface area contributed by atoms with Crippen LogP contribution in [0.25, 0.3) is 0 Å². The fourth-order valence-electron chi connectivity index (χ4n) is 3.37. The molecule has 1 fully saturated rings. The van der Waals surface area contributed by atoms with Crippen LogP contribution in [0, 0.1) is 12.8 Å². The molecule has 2 aromatic heterocycles. The van der Waals surface area contributed by atoms with Gasteiger partial charge in [0.2, 0.25) is 11.8 Å². The highest BCUT2D eigenvalue weighted by Gasteiger charge is 2.44. The van der Waals surface area contributed by atoms with Crippen molar-refractivity contribution < 1.29 is 23.9 Å². The van der Waals surface area contributed by atoms with E-state index in [1.54, 1.807) is 25.9 Å². The van der Waals surface area contributed by atoms with Gasteiger partial charge in [0, 0.05) is 25.4 Å². The molecular formula is C18H20N2O5S. The van der Waals surface area contributed by atoms with Crippen LogP contribution in [-0.4, -0.2) is 46.8 Å². The highest BCUT2D eigenvalue weighted by molar-refractivity contribution is 7.10. The van der Waals surface area contributed by atoms with Gasteiger partial charge in [-0.15, -0.1) is 11.3 Å². The van der Waals surface area contributed by atoms with Crippen LogP contribution in [-0.2, 0) is 16.1 Å². The second-order valence-corrected chi connectivity index (χ2v) is 7.44. The lowest BCUT2D eigenvalue weighted by molar-refractivity contribution is -0.136. The average molecular weight is 376 g/mol. The number of thiophene rings is 1. The molecule has 0 spiro atoms. The number of likely N-dealkylation sites (tertiary alicyclic amines) is 1. The van der Waals surface area contributed by atoms with Crippen LogP contribution in [0.2, 0.25) is 0 Å². The lowest BCUT2D eigenvalue weighted by atomic mass is 9.97. The van der Waals surface area contributed by atoms with Crippen LogP contribution in [0.1, 0.15) is 39.2 Å². The van der Waals surface area contributed by atoms with Crippen molar-refractivity contribution in [2.45, 2.75) is 25.9 Å². The van der Waals surface area contributed by atoms with Crippen LogP contribution in [0.5, 0.6) is 0 Å². The van der Waals surface area contributed by atoms with Crippen molar-refractivity contribution >= 4 is 29.1 Å². The maximum absolute atomic E-state index is 13.0. The van der Waals surface area contributed by atoms with Gasteiger partial charge in [-0.2, -0.15) is 0 Å². The second-order valence-electron chi connectivity index (χ2n) is 6.46. The van der Waals surface area contributed by atoms with E-state index < -0.39 is 11.9 Å². The van der Waals surface area contributed by atoms with E-state index in [9.17, 15) is 14.4 Å². The van der Waals surface area contributed by atoms with Gasteiger partial charge in [0.05, 0.1) is 18.5 Å². The standard InChI is InChI=1S/C18H20N2O5S/c1-10-12(18(23)24)7-11(25-10)9-19(2)17(22)13-8-15(21)20(3)16(13)14-5-4-6-26-14/h4-7,13,16H,8-9H2,1-3H3,(H,23,24)/t13-,16+/m0/s1. The van der Waals surface area contributed by atoms with E-state index in [-0.39, 0.29) is 36.4 Å². The van der Waals surface area contributed by atoms with Gasteiger partial charge < -0.3 is 19.3 Å². The minimum absolute atomic E-state index is 0.0582. The summed E-state index contributed by atoms with van der Waals surface area (Å²) in [4.78, 5) is 40.4. The summed E-state index contributed by atoms with van der Waals surface area (Å²) in [6.07, 6.45) is 0.166. The summed E-state index contributed by atoms with van der Waals surface area (Å²) < 4.78 is 5.45. The largest absolute Gasteiger partial charge is 0.478 e. The Bertz CT molecular complexity index is 842. The number of nitrogens with zero attached hydrogens (tertiary/aromatic N) is 2. The van der Waals surface area contributed by atoms with Crippen molar-refractivity contribution in [3.05, 3.63) is 45.5 Å². The molecule has 0 saturated carbocycles.